The van der Waals surface area contributed by atoms with Crippen molar-refractivity contribution in [2.45, 2.75) is 19.3 Å². The van der Waals surface area contributed by atoms with Crippen molar-refractivity contribution in [3.8, 4) is 11.5 Å². The molecule has 0 atom stereocenters. The van der Waals surface area contributed by atoms with Gasteiger partial charge in [-0.1, -0.05) is 6.07 Å². The predicted molar refractivity (Wildman–Crippen MR) is 154 cm³/mol. The van der Waals surface area contributed by atoms with Crippen LogP contribution in [-0.4, -0.2) is 75.8 Å². The Labute approximate surface area is 237 Å². The number of carbonyl (C=O) groups is 2. The van der Waals surface area contributed by atoms with Crippen molar-refractivity contribution in [2.24, 2.45) is 7.05 Å². The molecule has 212 valence electrons. The third kappa shape index (κ3) is 5.86. The second-order valence-corrected chi connectivity index (χ2v) is 10.3. The fraction of sp³-hybridized carbons (Fsp3) is 0.333. The first-order chi connectivity index (χ1) is 19.9. The molecule has 11 heteroatoms. The number of carbonyl (C=O) groups excluding carboxylic acids is 1. The number of aryl methyl sites for hydroxylation is 1. The summed E-state index contributed by atoms with van der Waals surface area (Å²) in [6, 6.07) is 14.6. The Hall–Kier alpha value is -4.48. The summed E-state index contributed by atoms with van der Waals surface area (Å²) in [5.74, 6) is 0.605. The molecule has 2 aliphatic rings. The van der Waals surface area contributed by atoms with E-state index in [-0.39, 0.29) is 11.6 Å². The van der Waals surface area contributed by atoms with Gasteiger partial charge in [-0.3, -0.25) is 9.69 Å². The van der Waals surface area contributed by atoms with Crippen LogP contribution in [0.1, 0.15) is 28.9 Å². The van der Waals surface area contributed by atoms with Crippen LogP contribution in [0.3, 0.4) is 0 Å². The summed E-state index contributed by atoms with van der Waals surface area (Å²) in [7, 11) is 1.93. The number of aromatic carboxylic acids is 1. The van der Waals surface area contributed by atoms with Crippen molar-refractivity contribution in [1.29, 1.82) is 0 Å². The van der Waals surface area contributed by atoms with Gasteiger partial charge in [0.15, 0.2) is 5.69 Å². The lowest BCUT2D eigenvalue weighted by Gasteiger charge is -2.26. The second kappa shape index (κ2) is 11.6. The Morgan fingerprint density at radius 3 is 2.71 bits per heavy atom. The summed E-state index contributed by atoms with van der Waals surface area (Å²) in [5.41, 5.74) is 4.52. The molecule has 41 heavy (non-hydrogen) atoms. The molecule has 1 amide bonds. The van der Waals surface area contributed by atoms with Crippen molar-refractivity contribution in [3.63, 3.8) is 0 Å². The number of fused-ring (bicyclic) bond motifs is 2. The number of pyridine rings is 1. The number of aromatic nitrogens is 3. The van der Waals surface area contributed by atoms with Gasteiger partial charge in [-0.25, -0.2) is 14.8 Å². The van der Waals surface area contributed by atoms with E-state index in [2.05, 4.69) is 21.3 Å². The number of carboxylic acid groups (broad SMARTS) is 1. The Morgan fingerprint density at radius 1 is 1.05 bits per heavy atom. The summed E-state index contributed by atoms with van der Waals surface area (Å²) in [6.45, 7) is 5.03. The van der Waals surface area contributed by atoms with Gasteiger partial charge in [0.25, 0.3) is 0 Å². The highest BCUT2D eigenvalue weighted by molar-refractivity contribution is 5.96. The predicted octanol–water partition coefficient (Wildman–Crippen LogP) is 4.20. The SMILES string of the molecule is Cn1c(Nc2ccc3c(c2)N(C(=O)CCCN2CCOCC2)CC3)nc2cc(Oc3ccnc(C(=O)O)c3)ccc21. The number of carboxylic acids is 1. The maximum atomic E-state index is 13.1. The highest BCUT2D eigenvalue weighted by atomic mass is 16.5. The van der Waals surface area contributed by atoms with Crippen LogP contribution in [0.2, 0.25) is 0 Å². The Morgan fingerprint density at radius 2 is 1.88 bits per heavy atom. The molecule has 2 N–H and O–H groups in total. The number of anilines is 3. The van der Waals surface area contributed by atoms with Gasteiger partial charge >= 0.3 is 5.97 Å². The number of hydrogen-bond donors (Lipinski definition) is 2. The normalized spacial score (nSPS) is 15.2. The fourth-order valence-electron chi connectivity index (χ4n) is 5.34. The van der Waals surface area contributed by atoms with Crippen LogP contribution in [-0.2, 0) is 23.0 Å². The molecular weight excluding hydrogens is 524 g/mol. The summed E-state index contributed by atoms with van der Waals surface area (Å²) in [4.78, 5) is 37.2. The minimum absolute atomic E-state index is 0.0875. The van der Waals surface area contributed by atoms with Gasteiger partial charge in [-0.15, -0.1) is 0 Å². The maximum absolute atomic E-state index is 13.1. The molecule has 6 rings (SSSR count). The van der Waals surface area contributed by atoms with Crippen LogP contribution >= 0.6 is 0 Å². The minimum atomic E-state index is -1.12. The summed E-state index contributed by atoms with van der Waals surface area (Å²) < 4.78 is 13.2. The zero-order valence-corrected chi connectivity index (χ0v) is 22.9. The molecule has 2 aromatic carbocycles. The number of hydrogen-bond acceptors (Lipinski definition) is 8. The van der Waals surface area contributed by atoms with Gasteiger partial charge in [-0.2, -0.15) is 0 Å². The lowest BCUT2D eigenvalue weighted by Crippen LogP contribution is -2.37. The Balaban J connectivity index is 1.14. The van der Waals surface area contributed by atoms with E-state index in [1.165, 1.54) is 17.8 Å². The van der Waals surface area contributed by atoms with Crippen molar-refractivity contribution >= 4 is 40.2 Å². The molecule has 1 fully saturated rings. The van der Waals surface area contributed by atoms with Crippen LogP contribution in [0, 0.1) is 0 Å². The lowest BCUT2D eigenvalue weighted by atomic mass is 10.1. The topological polar surface area (TPSA) is 122 Å². The highest BCUT2D eigenvalue weighted by Crippen LogP contribution is 2.33. The van der Waals surface area contributed by atoms with Crippen LogP contribution in [0.25, 0.3) is 11.0 Å². The van der Waals surface area contributed by atoms with E-state index in [9.17, 15) is 14.7 Å². The van der Waals surface area contributed by atoms with Gasteiger partial charge in [0.1, 0.15) is 11.5 Å². The molecule has 2 aliphatic heterocycles. The van der Waals surface area contributed by atoms with E-state index in [4.69, 9.17) is 14.5 Å². The van der Waals surface area contributed by atoms with E-state index in [1.807, 2.05) is 40.8 Å². The Bertz CT molecular complexity index is 1600. The quantitative estimate of drug-likeness (QED) is 0.312. The molecule has 0 bridgehead atoms. The van der Waals surface area contributed by atoms with E-state index < -0.39 is 5.97 Å². The van der Waals surface area contributed by atoms with Gasteiger partial charge in [-0.05, 0) is 55.3 Å². The largest absolute Gasteiger partial charge is 0.477 e. The molecular formula is C30H32N6O5. The summed E-state index contributed by atoms with van der Waals surface area (Å²) in [6.07, 6.45) is 3.62. The van der Waals surface area contributed by atoms with Gasteiger partial charge < -0.3 is 29.4 Å². The summed E-state index contributed by atoms with van der Waals surface area (Å²) in [5, 5.41) is 12.6. The van der Waals surface area contributed by atoms with Gasteiger partial charge in [0.05, 0.1) is 24.2 Å². The number of rotatable bonds is 9. The molecule has 1 saturated heterocycles. The highest BCUT2D eigenvalue weighted by Gasteiger charge is 2.25. The van der Waals surface area contributed by atoms with Crippen LogP contribution in [0.15, 0.2) is 54.7 Å². The maximum Gasteiger partial charge on any atom is 0.354 e. The first kappa shape index (κ1) is 26.7. The van der Waals surface area contributed by atoms with Gasteiger partial charge in [0, 0.05) is 62.8 Å². The van der Waals surface area contributed by atoms with Crippen LogP contribution in [0.5, 0.6) is 11.5 Å². The van der Waals surface area contributed by atoms with Crippen molar-refractivity contribution in [2.75, 3.05) is 49.6 Å². The van der Waals surface area contributed by atoms with Crippen LogP contribution in [0.4, 0.5) is 17.3 Å². The Kier molecular flexibility index (Phi) is 7.53. The third-order valence-electron chi connectivity index (χ3n) is 7.55. The van der Waals surface area contributed by atoms with E-state index in [0.29, 0.717) is 30.4 Å². The summed E-state index contributed by atoms with van der Waals surface area (Å²) >= 11 is 0. The standard InChI is InChI=1S/C30H32N6O5/c1-34-26-7-6-22(41-23-8-10-31-25(19-23)29(38)39)18-24(26)33-30(34)32-21-5-4-20-9-12-36(27(20)17-21)28(37)3-2-11-35-13-15-40-16-14-35/h4-8,10,17-19H,2-3,9,11-16H2,1H3,(H,32,33)(H,38,39). The number of nitrogens with one attached hydrogen (secondary N) is 1. The third-order valence-corrected chi connectivity index (χ3v) is 7.55. The number of ether oxygens (including phenoxy) is 2. The molecule has 0 aliphatic carbocycles. The number of imidazole rings is 1. The number of benzene rings is 2. The number of morpholine rings is 1. The average molecular weight is 557 g/mol. The fourth-order valence-corrected chi connectivity index (χ4v) is 5.34. The minimum Gasteiger partial charge on any atom is -0.477 e. The van der Waals surface area contributed by atoms with Gasteiger partial charge in [0.2, 0.25) is 11.9 Å². The van der Waals surface area contributed by atoms with Crippen molar-refractivity contribution < 1.29 is 24.2 Å². The first-order valence-corrected chi connectivity index (χ1v) is 13.8. The molecule has 0 unspecified atom stereocenters. The molecule has 4 aromatic rings. The smallest absolute Gasteiger partial charge is 0.354 e. The number of amides is 1. The molecule has 2 aromatic heterocycles. The van der Waals surface area contributed by atoms with E-state index >= 15 is 0 Å². The molecule has 0 saturated carbocycles. The first-order valence-electron chi connectivity index (χ1n) is 13.8. The molecule has 0 spiro atoms. The zero-order valence-electron chi connectivity index (χ0n) is 22.9. The molecule has 11 nitrogen and oxygen atoms in total. The molecule has 0 radical (unpaired) electrons. The zero-order chi connectivity index (χ0) is 28.3. The second-order valence-electron chi connectivity index (χ2n) is 10.3. The average Bonchev–Trinajstić information content (AvgIpc) is 3.54. The van der Waals surface area contributed by atoms with Crippen molar-refractivity contribution in [1.82, 2.24) is 19.4 Å². The van der Waals surface area contributed by atoms with E-state index in [0.717, 1.165) is 68.1 Å². The monoisotopic (exact) mass is 556 g/mol. The number of nitrogens with zero attached hydrogens (tertiary/aromatic N) is 5. The molecule has 4 heterocycles. The van der Waals surface area contributed by atoms with E-state index in [1.54, 1.807) is 12.1 Å². The van der Waals surface area contributed by atoms with Crippen molar-refractivity contribution in [3.05, 3.63) is 66.0 Å². The lowest BCUT2D eigenvalue weighted by molar-refractivity contribution is -0.118. The van der Waals surface area contributed by atoms with Crippen LogP contribution < -0.4 is 15.0 Å².